The van der Waals surface area contributed by atoms with Crippen LogP contribution in [-0.4, -0.2) is 59.6 Å². The number of imidazole rings is 1. The van der Waals surface area contributed by atoms with Crippen LogP contribution < -0.4 is 5.32 Å². The summed E-state index contributed by atoms with van der Waals surface area (Å²) in [6, 6.07) is 3.97. The van der Waals surface area contributed by atoms with Crippen LogP contribution in [0.5, 0.6) is 0 Å². The molecule has 1 amide bonds. The lowest BCUT2D eigenvalue weighted by atomic mass is 10.2. The molecule has 1 saturated heterocycles. The van der Waals surface area contributed by atoms with E-state index in [-0.39, 0.29) is 5.91 Å². The number of aryl methyl sites for hydroxylation is 2. The third kappa shape index (κ3) is 3.38. The highest BCUT2D eigenvalue weighted by atomic mass is 16.5. The van der Waals surface area contributed by atoms with Gasteiger partial charge in [-0.1, -0.05) is 13.0 Å². The lowest BCUT2D eigenvalue weighted by molar-refractivity contribution is 0.0383. The van der Waals surface area contributed by atoms with Gasteiger partial charge in [0.05, 0.1) is 18.9 Å². The van der Waals surface area contributed by atoms with E-state index in [1.807, 2.05) is 36.6 Å². The van der Waals surface area contributed by atoms with Crippen LogP contribution in [0.3, 0.4) is 0 Å². The summed E-state index contributed by atoms with van der Waals surface area (Å²) < 4.78 is 7.24. The van der Waals surface area contributed by atoms with E-state index in [1.54, 1.807) is 0 Å². The van der Waals surface area contributed by atoms with E-state index in [1.165, 1.54) is 0 Å². The van der Waals surface area contributed by atoms with Gasteiger partial charge in [0.25, 0.3) is 5.91 Å². The van der Waals surface area contributed by atoms with Crippen LogP contribution in [0.2, 0.25) is 0 Å². The number of hydrogen-bond donors (Lipinski definition) is 1. The van der Waals surface area contributed by atoms with Gasteiger partial charge >= 0.3 is 0 Å². The van der Waals surface area contributed by atoms with Crippen molar-refractivity contribution in [3.63, 3.8) is 0 Å². The Morgan fingerprint density at radius 1 is 1.39 bits per heavy atom. The van der Waals surface area contributed by atoms with E-state index in [0.29, 0.717) is 12.2 Å². The highest BCUT2D eigenvalue weighted by molar-refractivity contribution is 5.94. The lowest BCUT2D eigenvalue weighted by Gasteiger charge is -2.26. The maximum absolute atomic E-state index is 12.6. The van der Waals surface area contributed by atoms with Gasteiger partial charge in [0, 0.05) is 32.4 Å². The number of amides is 1. The van der Waals surface area contributed by atoms with Crippen molar-refractivity contribution in [2.75, 3.05) is 39.4 Å². The number of pyridine rings is 1. The van der Waals surface area contributed by atoms with Crippen LogP contribution in [0.1, 0.15) is 28.7 Å². The zero-order valence-corrected chi connectivity index (χ0v) is 13.8. The summed E-state index contributed by atoms with van der Waals surface area (Å²) in [5.41, 5.74) is 3.45. The average Bonchev–Trinajstić information content (AvgIpc) is 2.96. The van der Waals surface area contributed by atoms with E-state index in [9.17, 15) is 4.79 Å². The molecular formula is C17H24N4O2. The first-order chi connectivity index (χ1) is 11.2. The first kappa shape index (κ1) is 16.0. The Balaban J connectivity index is 1.71. The standard InChI is InChI=1S/C17H24N4O2/c1-3-14-15(21-7-4-5-13(2)16(21)19-14)17(22)18-6-8-20-9-11-23-12-10-20/h4-5,7H,3,6,8-12H2,1-2H3,(H,18,22). The van der Waals surface area contributed by atoms with E-state index in [0.717, 1.165) is 56.2 Å². The lowest BCUT2D eigenvalue weighted by Crippen LogP contribution is -2.41. The van der Waals surface area contributed by atoms with Gasteiger partial charge in [-0.2, -0.15) is 0 Å². The molecule has 0 bridgehead atoms. The minimum atomic E-state index is -0.0480. The molecule has 1 aliphatic heterocycles. The highest BCUT2D eigenvalue weighted by Crippen LogP contribution is 2.16. The first-order valence-corrected chi connectivity index (χ1v) is 8.25. The summed E-state index contributed by atoms with van der Waals surface area (Å²) in [6.45, 7) is 8.97. The zero-order valence-electron chi connectivity index (χ0n) is 13.8. The Labute approximate surface area is 136 Å². The van der Waals surface area contributed by atoms with Crippen molar-refractivity contribution in [2.24, 2.45) is 0 Å². The number of nitrogens with zero attached hydrogens (tertiary/aromatic N) is 3. The molecule has 23 heavy (non-hydrogen) atoms. The fraction of sp³-hybridized carbons (Fsp3) is 0.529. The van der Waals surface area contributed by atoms with Crippen LogP contribution in [0.25, 0.3) is 5.65 Å². The Bertz CT molecular complexity index is 689. The smallest absolute Gasteiger partial charge is 0.270 e. The number of aromatic nitrogens is 2. The fourth-order valence-electron chi connectivity index (χ4n) is 2.97. The molecule has 0 saturated carbocycles. The molecular weight excluding hydrogens is 292 g/mol. The molecule has 0 radical (unpaired) electrons. The minimum Gasteiger partial charge on any atom is -0.379 e. The van der Waals surface area contributed by atoms with Crippen molar-refractivity contribution in [1.29, 1.82) is 0 Å². The highest BCUT2D eigenvalue weighted by Gasteiger charge is 2.19. The number of morpholine rings is 1. The summed E-state index contributed by atoms with van der Waals surface area (Å²) in [5, 5.41) is 3.04. The van der Waals surface area contributed by atoms with Crippen molar-refractivity contribution in [1.82, 2.24) is 19.6 Å². The summed E-state index contributed by atoms with van der Waals surface area (Å²) in [4.78, 5) is 19.6. The number of rotatable bonds is 5. The van der Waals surface area contributed by atoms with E-state index in [2.05, 4.69) is 15.2 Å². The monoisotopic (exact) mass is 316 g/mol. The van der Waals surface area contributed by atoms with Crippen LogP contribution in [-0.2, 0) is 11.2 Å². The van der Waals surface area contributed by atoms with Crippen molar-refractivity contribution in [3.8, 4) is 0 Å². The number of hydrogen-bond acceptors (Lipinski definition) is 4. The SMILES string of the molecule is CCc1nc2c(C)cccn2c1C(=O)NCCN1CCOCC1. The average molecular weight is 316 g/mol. The Morgan fingerprint density at radius 3 is 2.91 bits per heavy atom. The molecule has 1 fully saturated rings. The van der Waals surface area contributed by atoms with Crippen LogP contribution in [0.4, 0.5) is 0 Å². The molecule has 3 rings (SSSR count). The largest absolute Gasteiger partial charge is 0.379 e. The fourth-order valence-corrected chi connectivity index (χ4v) is 2.97. The van der Waals surface area contributed by atoms with Gasteiger partial charge in [0.15, 0.2) is 0 Å². The molecule has 124 valence electrons. The van der Waals surface area contributed by atoms with Crippen LogP contribution in [0.15, 0.2) is 18.3 Å². The molecule has 2 aromatic rings. The predicted molar refractivity (Wildman–Crippen MR) is 88.9 cm³/mol. The Kier molecular flexibility index (Phi) is 4.93. The van der Waals surface area contributed by atoms with Crippen molar-refractivity contribution < 1.29 is 9.53 Å². The van der Waals surface area contributed by atoms with Gasteiger partial charge in [-0.05, 0) is 25.0 Å². The molecule has 0 atom stereocenters. The third-order valence-corrected chi connectivity index (χ3v) is 4.28. The molecule has 0 unspecified atom stereocenters. The molecule has 3 heterocycles. The summed E-state index contributed by atoms with van der Waals surface area (Å²) in [7, 11) is 0. The van der Waals surface area contributed by atoms with Gasteiger partial charge in [-0.15, -0.1) is 0 Å². The van der Waals surface area contributed by atoms with Gasteiger partial charge in [0.1, 0.15) is 11.3 Å². The number of ether oxygens (including phenoxy) is 1. The van der Waals surface area contributed by atoms with Crippen LogP contribution in [0, 0.1) is 6.92 Å². The summed E-state index contributed by atoms with van der Waals surface area (Å²) in [6.07, 6.45) is 2.65. The Morgan fingerprint density at radius 2 is 2.17 bits per heavy atom. The van der Waals surface area contributed by atoms with Crippen molar-refractivity contribution in [2.45, 2.75) is 20.3 Å². The zero-order chi connectivity index (χ0) is 16.2. The normalized spacial score (nSPS) is 15.9. The molecule has 0 aliphatic carbocycles. The second kappa shape index (κ2) is 7.10. The van der Waals surface area contributed by atoms with Crippen molar-refractivity contribution >= 4 is 11.6 Å². The molecule has 0 spiro atoms. The minimum absolute atomic E-state index is 0.0480. The number of nitrogens with one attached hydrogen (secondary N) is 1. The Hall–Kier alpha value is -1.92. The molecule has 1 N–H and O–H groups in total. The predicted octanol–water partition coefficient (Wildman–Crippen LogP) is 1.27. The number of carbonyl (C=O) groups is 1. The molecule has 1 aliphatic rings. The van der Waals surface area contributed by atoms with Gasteiger partial charge in [-0.25, -0.2) is 4.98 Å². The van der Waals surface area contributed by atoms with E-state index >= 15 is 0 Å². The van der Waals surface area contributed by atoms with Crippen molar-refractivity contribution in [3.05, 3.63) is 35.3 Å². The van der Waals surface area contributed by atoms with Gasteiger partial charge < -0.3 is 10.1 Å². The van der Waals surface area contributed by atoms with Crippen LogP contribution >= 0.6 is 0 Å². The topological polar surface area (TPSA) is 58.9 Å². The quantitative estimate of drug-likeness (QED) is 0.902. The maximum Gasteiger partial charge on any atom is 0.270 e. The second-order valence-corrected chi connectivity index (χ2v) is 5.86. The molecule has 6 heteroatoms. The second-order valence-electron chi connectivity index (χ2n) is 5.86. The van der Waals surface area contributed by atoms with E-state index in [4.69, 9.17) is 4.74 Å². The number of carbonyl (C=O) groups excluding carboxylic acids is 1. The third-order valence-electron chi connectivity index (χ3n) is 4.28. The van der Waals surface area contributed by atoms with Gasteiger partial charge in [-0.3, -0.25) is 14.1 Å². The summed E-state index contributed by atoms with van der Waals surface area (Å²) >= 11 is 0. The van der Waals surface area contributed by atoms with Gasteiger partial charge in [0.2, 0.25) is 0 Å². The molecule has 2 aromatic heterocycles. The molecule has 6 nitrogen and oxygen atoms in total. The summed E-state index contributed by atoms with van der Waals surface area (Å²) in [5.74, 6) is -0.0480. The first-order valence-electron chi connectivity index (χ1n) is 8.25. The van der Waals surface area contributed by atoms with E-state index < -0.39 is 0 Å². The molecule has 0 aromatic carbocycles. The maximum atomic E-state index is 12.6. The number of fused-ring (bicyclic) bond motifs is 1.